The fourth-order valence-corrected chi connectivity index (χ4v) is 4.23. The van der Waals surface area contributed by atoms with E-state index in [9.17, 15) is 9.90 Å². The Morgan fingerprint density at radius 3 is 1.72 bits per heavy atom. The fraction of sp³-hybridized carbons (Fsp3) is 0.767. The number of para-hydroxylation sites is 1. The molecule has 1 unspecified atom stereocenters. The number of aliphatic carboxylic acids is 1. The molecule has 6 heteroatoms. The Kier molecular flexibility index (Phi) is 20.3. The van der Waals surface area contributed by atoms with Gasteiger partial charge in [-0.25, -0.2) is 4.79 Å². The number of carboxylic acids is 1. The Hall–Kier alpha value is -1.63. The first-order valence-corrected chi connectivity index (χ1v) is 14.4. The van der Waals surface area contributed by atoms with Gasteiger partial charge in [0.05, 0.1) is 26.4 Å². The predicted octanol–water partition coefficient (Wildman–Crippen LogP) is 7.79. The van der Waals surface area contributed by atoms with Gasteiger partial charge in [0.15, 0.2) is 0 Å². The van der Waals surface area contributed by atoms with E-state index in [2.05, 4.69) is 6.92 Å². The number of rotatable bonds is 26. The molecule has 0 saturated heterocycles. The van der Waals surface area contributed by atoms with Gasteiger partial charge in [-0.3, -0.25) is 0 Å². The van der Waals surface area contributed by atoms with Crippen molar-refractivity contribution in [3.8, 4) is 5.75 Å². The van der Waals surface area contributed by atoms with Gasteiger partial charge in [-0.15, -0.1) is 0 Å². The van der Waals surface area contributed by atoms with Crippen molar-refractivity contribution in [2.75, 3.05) is 33.0 Å². The van der Waals surface area contributed by atoms with Crippen LogP contribution in [0.1, 0.15) is 110 Å². The summed E-state index contributed by atoms with van der Waals surface area (Å²) >= 11 is 0. The van der Waals surface area contributed by atoms with Crippen molar-refractivity contribution >= 4 is 5.97 Å². The standard InChI is InChI=1S/C30H52O6/c1-3-5-6-7-8-9-10-11-12-13-14-15-16-20-23-30(29(31)32,36-28-21-18-17-19-22-28)35-27-26-34-25-24-33-4-2/h17-19,21-22H,3-16,20,23-27H2,1-2H3,(H,31,32). The third-order valence-electron chi connectivity index (χ3n) is 6.35. The van der Waals surface area contributed by atoms with Gasteiger partial charge in [-0.05, 0) is 25.5 Å². The monoisotopic (exact) mass is 508 g/mol. The molecule has 1 rings (SSSR count). The molecule has 0 radical (unpaired) electrons. The summed E-state index contributed by atoms with van der Waals surface area (Å²) in [4.78, 5) is 12.3. The highest BCUT2D eigenvalue weighted by Gasteiger charge is 2.42. The topological polar surface area (TPSA) is 74.2 Å². The number of carbonyl (C=O) groups is 1. The molecule has 6 nitrogen and oxygen atoms in total. The minimum absolute atomic E-state index is 0.143. The highest BCUT2D eigenvalue weighted by atomic mass is 16.7. The van der Waals surface area contributed by atoms with E-state index in [0.717, 1.165) is 19.3 Å². The second-order valence-electron chi connectivity index (χ2n) is 9.48. The van der Waals surface area contributed by atoms with Gasteiger partial charge in [0, 0.05) is 13.0 Å². The Labute approximate surface area is 220 Å². The average molecular weight is 509 g/mol. The molecule has 0 saturated carbocycles. The third-order valence-corrected chi connectivity index (χ3v) is 6.35. The van der Waals surface area contributed by atoms with E-state index in [1.165, 1.54) is 70.6 Å². The molecule has 0 aliphatic carbocycles. The summed E-state index contributed by atoms with van der Waals surface area (Å²) in [6.45, 7) is 6.24. The average Bonchev–Trinajstić information content (AvgIpc) is 2.88. The molecule has 0 amide bonds. The molecule has 0 aromatic heterocycles. The third kappa shape index (κ3) is 16.2. The normalized spacial score (nSPS) is 12.9. The van der Waals surface area contributed by atoms with Crippen LogP contribution in [0.2, 0.25) is 0 Å². The summed E-state index contributed by atoms with van der Waals surface area (Å²) in [7, 11) is 0. The summed E-state index contributed by atoms with van der Waals surface area (Å²) in [5.74, 6) is -2.32. The molecule has 0 bridgehead atoms. The number of benzene rings is 1. The van der Waals surface area contributed by atoms with Crippen LogP contribution in [0, 0.1) is 0 Å². The van der Waals surface area contributed by atoms with Crippen molar-refractivity contribution in [3.05, 3.63) is 30.3 Å². The summed E-state index contributed by atoms with van der Waals surface area (Å²) in [6, 6.07) is 9.03. The van der Waals surface area contributed by atoms with Crippen molar-refractivity contribution < 1.29 is 28.8 Å². The quantitative estimate of drug-likeness (QED) is 0.102. The van der Waals surface area contributed by atoms with Crippen LogP contribution in [0.3, 0.4) is 0 Å². The molecule has 0 aliphatic rings. The molecule has 0 aliphatic heterocycles. The van der Waals surface area contributed by atoms with E-state index in [4.69, 9.17) is 18.9 Å². The second-order valence-corrected chi connectivity index (χ2v) is 9.48. The van der Waals surface area contributed by atoms with E-state index >= 15 is 0 Å². The van der Waals surface area contributed by atoms with Crippen molar-refractivity contribution in [2.45, 2.75) is 116 Å². The predicted molar refractivity (Wildman–Crippen MR) is 146 cm³/mol. The number of carboxylic acid groups (broad SMARTS) is 1. The molecule has 208 valence electrons. The van der Waals surface area contributed by atoms with Crippen molar-refractivity contribution in [3.63, 3.8) is 0 Å². The first-order chi connectivity index (χ1) is 17.6. The fourth-order valence-electron chi connectivity index (χ4n) is 4.23. The van der Waals surface area contributed by atoms with Gasteiger partial charge in [-0.2, -0.15) is 0 Å². The summed E-state index contributed by atoms with van der Waals surface area (Å²) in [5.41, 5.74) is 0. The Morgan fingerprint density at radius 1 is 0.694 bits per heavy atom. The zero-order valence-electron chi connectivity index (χ0n) is 23.0. The van der Waals surface area contributed by atoms with Crippen LogP contribution in [0.15, 0.2) is 30.3 Å². The molecule has 0 spiro atoms. The highest BCUT2D eigenvalue weighted by Crippen LogP contribution is 2.26. The lowest BCUT2D eigenvalue weighted by Gasteiger charge is -2.30. The molecule has 1 atom stereocenters. The van der Waals surface area contributed by atoms with E-state index < -0.39 is 11.8 Å². The Balaban J connectivity index is 2.32. The molecule has 1 aromatic carbocycles. The van der Waals surface area contributed by atoms with Crippen LogP contribution < -0.4 is 4.74 Å². The van der Waals surface area contributed by atoms with Crippen LogP contribution >= 0.6 is 0 Å². The SMILES string of the molecule is CCCCCCCCCCCCCCCCC(OCCOCCOCC)(Oc1ccccc1)C(=O)O. The number of hydrogen-bond donors (Lipinski definition) is 1. The summed E-state index contributed by atoms with van der Waals surface area (Å²) in [5, 5.41) is 10.1. The molecule has 36 heavy (non-hydrogen) atoms. The molecule has 1 aromatic rings. The molecule has 1 N–H and O–H groups in total. The largest absolute Gasteiger partial charge is 0.476 e. The smallest absolute Gasteiger partial charge is 0.377 e. The molecular weight excluding hydrogens is 456 g/mol. The Morgan fingerprint density at radius 2 is 1.19 bits per heavy atom. The maximum atomic E-state index is 12.3. The lowest BCUT2D eigenvalue weighted by molar-refractivity contribution is -0.218. The van der Waals surface area contributed by atoms with Gasteiger partial charge in [0.25, 0.3) is 0 Å². The number of ether oxygens (including phenoxy) is 4. The van der Waals surface area contributed by atoms with Crippen molar-refractivity contribution in [1.29, 1.82) is 0 Å². The van der Waals surface area contributed by atoms with E-state index in [1.54, 1.807) is 12.1 Å². The van der Waals surface area contributed by atoms with Crippen LogP contribution in [0.25, 0.3) is 0 Å². The zero-order chi connectivity index (χ0) is 26.2. The maximum Gasteiger partial charge on any atom is 0.377 e. The van der Waals surface area contributed by atoms with E-state index in [1.807, 2.05) is 25.1 Å². The van der Waals surface area contributed by atoms with E-state index in [0.29, 0.717) is 38.6 Å². The number of hydrogen-bond acceptors (Lipinski definition) is 5. The van der Waals surface area contributed by atoms with E-state index in [-0.39, 0.29) is 6.61 Å². The van der Waals surface area contributed by atoms with Gasteiger partial charge >= 0.3 is 11.8 Å². The minimum Gasteiger partial charge on any atom is -0.476 e. The van der Waals surface area contributed by atoms with Crippen molar-refractivity contribution in [1.82, 2.24) is 0 Å². The second kappa shape index (κ2) is 22.6. The molecule has 0 heterocycles. The molecular formula is C30H52O6. The maximum absolute atomic E-state index is 12.3. The van der Waals surface area contributed by atoms with Gasteiger partial charge < -0.3 is 24.1 Å². The van der Waals surface area contributed by atoms with Crippen LogP contribution in [0.5, 0.6) is 5.75 Å². The lowest BCUT2D eigenvalue weighted by Crippen LogP contribution is -2.48. The highest BCUT2D eigenvalue weighted by molar-refractivity contribution is 5.76. The first-order valence-electron chi connectivity index (χ1n) is 14.4. The van der Waals surface area contributed by atoms with Crippen LogP contribution in [-0.2, 0) is 19.0 Å². The lowest BCUT2D eigenvalue weighted by atomic mass is 10.0. The first kappa shape index (κ1) is 32.4. The van der Waals surface area contributed by atoms with Crippen molar-refractivity contribution in [2.24, 2.45) is 0 Å². The van der Waals surface area contributed by atoms with Crippen LogP contribution in [-0.4, -0.2) is 49.9 Å². The number of unbranched alkanes of at least 4 members (excludes halogenated alkanes) is 13. The van der Waals surface area contributed by atoms with Crippen LogP contribution in [0.4, 0.5) is 0 Å². The Bertz CT molecular complexity index is 623. The minimum atomic E-state index is -1.71. The van der Waals surface area contributed by atoms with Gasteiger partial charge in [0.1, 0.15) is 5.75 Å². The van der Waals surface area contributed by atoms with Gasteiger partial charge in [0.2, 0.25) is 0 Å². The molecule has 0 fully saturated rings. The summed E-state index contributed by atoms with van der Waals surface area (Å²) in [6.07, 6.45) is 17.8. The van der Waals surface area contributed by atoms with Gasteiger partial charge in [-0.1, -0.05) is 109 Å². The summed E-state index contributed by atoms with van der Waals surface area (Å²) < 4.78 is 22.5. The zero-order valence-corrected chi connectivity index (χ0v) is 23.0.